The van der Waals surface area contributed by atoms with Gasteiger partial charge in [-0.15, -0.1) is 0 Å². The first kappa shape index (κ1) is 25.7. The Morgan fingerprint density at radius 1 is 1.00 bits per heavy atom. The molecule has 0 bridgehead atoms. The maximum absolute atomic E-state index is 14.1. The van der Waals surface area contributed by atoms with Crippen LogP contribution in [0.3, 0.4) is 0 Å². The maximum Gasteiger partial charge on any atom is 0.319 e. The third-order valence-electron chi connectivity index (χ3n) is 6.81. The van der Waals surface area contributed by atoms with Crippen LogP contribution in [0.4, 0.5) is 14.9 Å². The molecule has 11 heteroatoms. The van der Waals surface area contributed by atoms with Crippen molar-refractivity contribution in [2.45, 2.75) is 38.3 Å². The molecule has 3 aromatic rings. The summed E-state index contributed by atoms with van der Waals surface area (Å²) in [7, 11) is 0. The second-order valence-corrected chi connectivity index (χ2v) is 9.84. The fourth-order valence-corrected chi connectivity index (χ4v) is 4.72. The van der Waals surface area contributed by atoms with Gasteiger partial charge in [0.05, 0.1) is 16.7 Å². The maximum atomic E-state index is 14.1. The van der Waals surface area contributed by atoms with E-state index in [9.17, 15) is 28.4 Å². The second-order valence-electron chi connectivity index (χ2n) is 9.84. The number of rotatable bonds is 5. The highest BCUT2D eigenvalue weighted by atomic mass is 19.1. The molecule has 6 amide bonds. The topological polar surface area (TPSA) is 138 Å². The molecule has 10 nitrogen and oxygen atoms in total. The first-order valence-corrected chi connectivity index (χ1v) is 12.2. The van der Waals surface area contributed by atoms with E-state index < -0.39 is 41.2 Å². The number of benzene rings is 2. The zero-order valence-corrected chi connectivity index (χ0v) is 21.1. The minimum absolute atomic E-state index is 0.0235. The summed E-state index contributed by atoms with van der Waals surface area (Å²) < 4.78 is 14.1. The Kier molecular flexibility index (Phi) is 6.43. The quantitative estimate of drug-likeness (QED) is 0.434. The van der Waals surface area contributed by atoms with Crippen LogP contribution in [-0.4, -0.2) is 45.6 Å². The number of hydrogen-bond donors (Lipinski definition) is 3. The summed E-state index contributed by atoms with van der Waals surface area (Å²) in [5, 5.41) is 7.69. The Balaban J connectivity index is 1.27. The van der Waals surface area contributed by atoms with Crippen LogP contribution in [0.5, 0.6) is 0 Å². The monoisotopic (exact) mass is 529 g/mol. The Morgan fingerprint density at radius 3 is 2.41 bits per heavy atom. The van der Waals surface area contributed by atoms with Gasteiger partial charge in [-0.1, -0.05) is 24.3 Å². The van der Waals surface area contributed by atoms with Crippen molar-refractivity contribution >= 4 is 35.3 Å². The number of amides is 6. The standard InChI is InChI=1S/C28H24FN5O5/c1-28(2,16-5-3-15(4-6-16)20-14-30-12-11-21(20)29)33-27(39)31-17-7-8-18-19(13-17)26(38)34(25(18)37)22-9-10-23(35)32-24(22)36/h3-8,11-14,22H,9-10H2,1-2H3,(H2,31,33,39)(H,32,35,36). The van der Waals surface area contributed by atoms with Gasteiger partial charge < -0.3 is 10.6 Å². The van der Waals surface area contributed by atoms with Crippen molar-refractivity contribution in [1.29, 1.82) is 0 Å². The van der Waals surface area contributed by atoms with Gasteiger partial charge >= 0.3 is 6.03 Å². The molecule has 5 rings (SSSR count). The average molecular weight is 530 g/mol. The van der Waals surface area contributed by atoms with E-state index in [1.54, 1.807) is 38.1 Å². The molecule has 0 radical (unpaired) electrons. The predicted octanol–water partition coefficient (Wildman–Crippen LogP) is 3.35. The van der Waals surface area contributed by atoms with Crippen LogP contribution in [0.25, 0.3) is 11.1 Å². The molecule has 2 aliphatic heterocycles. The lowest BCUT2D eigenvalue weighted by molar-refractivity contribution is -0.136. The van der Waals surface area contributed by atoms with E-state index in [1.807, 2.05) is 0 Å². The number of anilines is 1. The minimum Gasteiger partial charge on any atom is -0.329 e. The van der Waals surface area contributed by atoms with Crippen molar-refractivity contribution in [3.05, 3.63) is 83.4 Å². The summed E-state index contributed by atoms with van der Waals surface area (Å²) in [6, 6.07) is 11.0. The fourth-order valence-electron chi connectivity index (χ4n) is 4.72. The molecule has 0 spiro atoms. The van der Waals surface area contributed by atoms with E-state index >= 15 is 0 Å². The number of halogens is 1. The summed E-state index contributed by atoms with van der Waals surface area (Å²) in [4.78, 5) is 67.2. The molecule has 2 aromatic carbocycles. The van der Waals surface area contributed by atoms with Gasteiger partial charge in [0.1, 0.15) is 11.9 Å². The Morgan fingerprint density at radius 2 is 1.72 bits per heavy atom. The van der Waals surface area contributed by atoms with E-state index in [0.717, 1.165) is 10.5 Å². The van der Waals surface area contributed by atoms with Gasteiger partial charge in [-0.05, 0) is 55.7 Å². The summed E-state index contributed by atoms with van der Waals surface area (Å²) in [6.07, 6.45) is 2.90. The van der Waals surface area contributed by atoms with Crippen LogP contribution in [0.2, 0.25) is 0 Å². The molecule has 1 unspecified atom stereocenters. The normalized spacial score (nSPS) is 17.1. The highest BCUT2D eigenvalue weighted by Gasteiger charge is 2.44. The number of carbonyl (C=O) groups excluding carboxylic acids is 5. The van der Waals surface area contributed by atoms with Crippen LogP contribution in [-0.2, 0) is 15.1 Å². The third-order valence-corrected chi connectivity index (χ3v) is 6.81. The van der Waals surface area contributed by atoms with E-state index in [1.165, 1.54) is 36.7 Å². The number of aromatic nitrogens is 1. The molecular weight excluding hydrogens is 505 g/mol. The Labute approximate surface area is 222 Å². The molecule has 1 saturated heterocycles. The van der Waals surface area contributed by atoms with Crippen molar-refractivity contribution in [2.75, 3.05) is 5.32 Å². The van der Waals surface area contributed by atoms with E-state index in [-0.39, 0.29) is 35.5 Å². The molecule has 2 aliphatic rings. The molecular formula is C28H24FN5O5. The zero-order chi connectivity index (χ0) is 27.9. The number of fused-ring (bicyclic) bond motifs is 1. The van der Waals surface area contributed by atoms with Crippen molar-refractivity contribution in [2.24, 2.45) is 0 Å². The Hall–Kier alpha value is -4.93. The molecule has 1 aromatic heterocycles. The molecule has 3 heterocycles. The lowest BCUT2D eigenvalue weighted by atomic mass is 9.92. The Bertz CT molecular complexity index is 1540. The van der Waals surface area contributed by atoms with E-state index in [4.69, 9.17) is 0 Å². The van der Waals surface area contributed by atoms with Crippen LogP contribution >= 0.6 is 0 Å². The first-order chi connectivity index (χ1) is 18.5. The molecule has 1 fully saturated rings. The van der Waals surface area contributed by atoms with Gasteiger partial charge in [0.2, 0.25) is 11.8 Å². The third kappa shape index (κ3) is 4.86. The van der Waals surface area contributed by atoms with E-state index in [2.05, 4.69) is 20.9 Å². The number of carbonyl (C=O) groups is 5. The van der Waals surface area contributed by atoms with E-state index in [0.29, 0.717) is 11.1 Å². The number of pyridine rings is 1. The van der Waals surface area contributed by atoms with Crippen molar-refractivity contribution in [3.63, 3.8) is 0 Å². The number of nitrogens with zero attached hydrogens (tertiary/aromatic N) is 2. The van der Waals surface area contributed by atoms with Crippen molar-refractivity contribution in [1.82, 2.24) is 20.5 Å². The van der Waals surface area contributed by atoms with Gasteiger partial charge in [0.25, 0.3) is 11.8 Å². The van der Waals surface area contributed by atoms with Crippen LogP contribution in [0.15, 0.2) is 60.9 Å². The van der Waals surface area contributed by atoms with Gasteiger partial charge in [-0.3, -0.25) is 34.4 Å². The van der Waals surface area contributed by atoms with Gasteiger partial charge in [-0.2, -0.15) is 0 Å². The number of urea groups is 1. The largest absolute Gasteiger partial charge is 0.329 e. The lowest BCUT2D eigenvalue weighted by Crippen LogP contribution is -2.54. The fraction of sp³-hybridized carbons (Fsp3) is 0.214. The summed E-state index contributed by atoms with van der Waals surface area (Å²) in [5.74, 6) is -2.83. The highest BCUT2D eigenvalue weighted by Crippen LogP contribution is 2.30. The zero-order valence-electron chi connectivity index (χ0n) is 21.1. The molecule has 0 saturated carbocycles. The molecule has 198 valence electrons. The number of piperidine rings is 1. The molecule has 0 aliphatic carbocycles. The van der Waals surface area contributed by atoms with Crippen LogP contribution in [0.1, 0.15) is 53.0 Å². The van der Waals surface area contributed by atoms with Crippen molar-refractivity contribution < 1.29 is 28.4 Å². The van der Waals surface area contributed by atoms with Crippen LogP contribution in [0, 0.1) is 5.82 Å². The minimum atomic E-state index is -1.07. The summed E-state index contributed by atoms with van der Waals surface area (Å²) in [5.41, 5.74) is 1.40. The lowest BCUT2D eigenvalue weighted by Gasteiger charge is -2.27. The number of imide groups is 2. The predicted molar refractivity (Wildman–Crippen MR) is 138 cm³/mol. The smallest absolute Gasteiger partial charge is 0.319 e. The number of hydrogen-bond acceptors (Lipinski definition) is 6. The summed E-state index contributed by atoms with van der Waals surface area (Å²) >= 11 is 0. The molecule has 3 N–H and O–H groups in total. The number of nitrogens with one attached hydrogen (secondary N) is 3. The van der Waals surface area contributed by atoms with Crippen molar-refractivity contribution in [3.8, 4) is 11.1 Å². The van der Waals surface area contributed by atoms with Gasteiger partial charge in [0.15, 0.2) is 0 Å². The van der Waals surface area contributed by atoms with Gasteiger partial charge in [-0.25, -0.2) is 9.18 Å². The summed E-state index contributed by atoms with van der Waals surface area (Å²) in [6.45, 7) is 3.60. The SMILES string of the molecule is CC(C)(NC(=O)Nc1ccc2c(c1)C(=O)N(C1CCC(=O)NC1=O)C2=O)c1ccc(-c2cnccc2F)cc1. The van der Waals surface area contributed by atoms with Crippen LogP contribution < -0.4 is 16.0 Å². The average Bonchev–Trinajstić information content (AvgIpc) is 3.13. The second kappa shape index (κ2) is 9.75. The molecule has 1 atom stereocenters. The first-order valence-electron chi connectivity index (χ1n) is 12.2. The molecule has 39 heavy (non-hydrogen) atoms. The van der Waals surface area contributed by atoms with Gasteiger partial charge in [0, 0.05) is 30.1 Å². The highest BCUT2D eigenvalue weighted by molar-refractivity contribution is 6.23.